The molecule has 1 aromatic heterocycles. The van der Waals surface area contributed by atoms with E-state index in [-0.39, 0.29) is 29.8 Å². The predicted octanol–water partition coefficient (Wildman–Crippen LogP) is 3.41. The number of aromatic nitrogens is 1. The molecule has 1 saturated heterocycles. The third-order valence-electron chi connectivity index (χ3n) is 4.69. The number of thiazole rings is 1. The van der Waals surface area contributed by atoms with Crippen molar-refractivity contribution in [3.63, 3.8) is 0 Å². The van der Waals surface area contributed by atoms with Crippen molar-refractivity contribution >= 4 is 35.0 Å². The van der Waals surface area contributed by atoms with Crippen molar-refractivity contribution in [2.45, 2.75) is 49.2 Å². The molecule has 156 valence electrons. The van der Waals surface area contributed by atoms with E-state index in [1.807, 2.05) is 43.0 Å². The molecule has 7 nitrogen and oxygen atoms in total. The Morgan fingerprint density at radius 2 is 2.14 bits per heavy atom. The minimum Gasteiger partial charge on any atom is -0.491 e. The van der Waals surface area contributed by atoms with Crippen LogP contribution in [0.15, 0.2) is 34.0 Å². The Labute approximate surface area is 178 Å². The van der Waals surface area contributed by atoms with Crippen molar-refractivity contribution in [2.24, 2.45) is 5.73 Å². The summed E-state index contributed by atoms with van der Waals surface area (Å²) < 4.78 is 6.36. The monoisotopic (exact) mass is 435 g/mol. The molecule has 2 aromatic rings. The summed E-state index contributed by atoms with van der Waals surface area (Å²) in [6, 6.07) is 7.43. The summed E-state index contributed by atoms with van der Waals surface area (Å²) in [7, 11) is 0. The molecule has 2 atom stereocenters. The van der Waals surface area contributed by atoms with Crippen molar-refractivity contribution in [2.75, 3.05) is 12.3 Å². The largest absolute Gasteiger partial charge is 0.491 e. The number of aromatic carboxylic acids is 1. The van der Waals surface area contributed by atoms with Crippen LogP contribution in [0, 0.1) is 0 Å². The molecule has 1 aromatic carbocycles. The van der Waals surface area contributed by atoms with Gasteiger partial charge in [-0.3, -0.25) is 4.79 Å². The van der Waals surface area contributed by atoms with Gasteiger partial charge in [0.15, 0.2) is 10.0 Å². The molecule has 1 fully saturated rings. The number of amides is 1. The molecule has 1 aliphatic heterocycles. The average molecular weight is 436 g/mol. The van der Waals surface area contributed by atoms with Crippen LogP contribution in [-0.4, -0.2) is 51.3 Å². The smallest absolute Gasteiger partial charge is 0.355 e. The number of ether oxygens (including phenoxy) is 1. The van der Waals surface area contributed by atoms with Crippen LogP contribution in [0.2, 0.25) is 0 Å². The van der Waals surface area contributed by atoms with E-state index in [0.29, 0.717) is 23.1 Å². The standard InChI is InChI=1S/C20H25N3O4S2/c1-12(2)27-14-5-3-13(4-6-14)18(21)16-7-8-17(24)23(16)9-10-28-20-22-15(11-29-20)19(25)26/h3-6,11-12,16,18H,7-10,21H2,1-2H3,(H,25,26)/t16-,18?/m1/s1. The lowest BCUT2D eigenvalue weighted by atomic mass is 9.98. The first-order valence-electron chi connectivity index (χ1n) is 9.48. The molecule has 9 heteroatoms. The van der Waals surface area contributed by atoms with Crippen molar-refractivity contribution in [1.82, 2.24) is 9.88 Å². The Morgan fingerprint density at radius 1 is 1.41 bits per heavy atom. The zero-order valence-corrected chi connectivity index (χ0v) is 18.0. The van der Waals surface area contributed by atoms with Crippen molar-refractivity contribution in [1.29, 1.82) is 0 Å². The molecule has 0 aliphatic carbocycles. The van der Waals surface area contributed by atoms with E-state index in [0.717, 1.165) is 17.7 Å². The molecule has 3 N–H and O–H groups in total. The molecule has 0 radical (unpaired) electrons. The normalized spacial score (nSPS) is 17.7. The number of nitrogens with zero attached hydrogens (tertiary/aromatic N) is 2. The second-order valence-electron chi connectivity index (χ2n) is 7.11. The number of benzene rings is 1. The second kappa shape index (κ2) is 9.60. The highest BCUT2D eigenvalue weighted by molar-refractivity contribution is 8.01. The van der Waals surface area contributed by atoms with E-state index >= 15 is 0 Å². The minimum absolute atomic E-state index is 0.0501. The van der Waals surface area contributed by atoms with Crippen LogP contribution in [0.4, 0.5) is 0 Å². The van der Waals surface area contributed by atoms with Gasteiger partial charge < -0.3 is 20.5 Å². The summed E-state index contributed by atoms with van der Waals surface area (Å²) in [6.07, 6.45) is 1.34. The number of hydrogen-bond donors (Lipinski definition) is 2. The second-order valence-corrected chi connectivity index (χ2v) is 9.31. The summed E-state index contributed by atoms with van der Waals surface area (Å²) in [4.78, 5) is 29.2. The van der Waals surface area contributed by atoms with E-state index in [2.05, 4.69) is 4.98 Å². The lowest BCUT2D eigenvalue weighted by Crippen LogP contribution is -2.41. The molecule has 0 bridgehead atoms. The maximum atomic E-state index is 12.4. The third kappa shape index (κ3) is 5.49. The SMILES string of the molecule is CC(C)Oc1ccc(C(N)[C@H]2CCC(=O)N2CCSc2nc(C(=O)O)cs2)cc1. The average Bonchev–Trinajstić information content (AvgIpc) is 3.29. The van der Waals surface area contributed by atoms with Crippen LogP contribution < -0.4 is 10.5 Å². The molecule has 29 heavy (non-hydrogen) atoms. The summed E-state index contributed by atoms with van der Waals surface area (Å²) in [5.74, 6) is 0.522. The Hall–Kier alpha value is -2.10. The Morgan fingerprint density at radius 3 is 2.76 bits per heavy atom. The Balaban J connectivity index is 1.59. The molecule has 1 unspecified atom stereocenters. The van der Waals surface area contributed by atoms with Gasteiger partial charge >= 0.3 is 5.97 Å². The zero-order chi connectivity index (χ0) is 21.0. The lowest BCUT2D eigenvalue weighted by Gasteiger charge is -2.29. The fourth-order valence-corrected chi connectivity index (χ4v) is 5.14. The number of carboxylic acids is 1. The molecule has 1 amide bonds. The maximum Gasteiger partial charge on any atom is 0.355 e. The molecule has 3 rings (SSSR count). The van der Waals surface area contributed by atoms with Gasteiger partial charge in [-0.15, -0.1) is 11.3 Å². The van der Waals surface area contributed by atoms with Gasteiger partial charge in [0.2, 0.25) is 5.91 Å². The first-order chi connectivity index (χ1) is 13.8. The Kier molecular flexibility index (Phi) is 7.15. The zero-order valence-electron chi connectivity index (χ0n) is 16.4. The number of carbonyl (C=O) groups is 2. The van der Waals surface area contributed by atoms with Crippen LogP contribution in [0.3, 0.4) is 0 Å². The third-order valence-corrected chi connectivity index (χ3v) is 6.69. The number of likely N-dealkylation sites (tertiary alicyclic amines) is 1. The van der Waals surface area contributed by atoms with Gasteiger partial charge in [-0.25, -0.2) is 9.78 Å². The van der Waals surface area contributed by atoms with Crippen LogP contribution in [0.5, 0.6) is 5.75 Å². The van der Waals surface area contributed by atoms with Gasteiger partial charge in [-0.1, -0.05) is 23.9 Å². The maximum absolute atomic E-state index is 12.4. The van der Waals surface area contributed by atoms with E-state index in [9.17, 15) is 9.59 Å². The fraction of sp³-hybridized carbons (Fsp3) is 0.450. The summed E-state index contributed by atoms with van der Waals surface area (Å²) in [6.45, 7) is 4.51. The van der Waals surface area contributed by atoms with E-state index in [1.165, 1.54) is 28.5 Å². The van der Waals surface area contributed by atoms with E-state index in [4.69, 9.17) is 15.6 Å². The first-order valence-corrected chi connectivity index (χ1v) is 11.3. The fourth-order valence-electron chi connectivity index (χ4n) is 3.34. The highest BCUT2D eigenvalue weighted by atomic mass is 32.2. The van der Waals surface area contributed by atoms with Gasteiger partial charge in [0, 0.05) is 24.1 Å². The van der Waals surface area contributed by atoms with Crippen molar-refractivity contribution in [3.05, 3.63) is 40.9 Å². The van der Waals surface area contributed by atoms with Gasteiger partial charge in [0.25, 0.3) is 0 Å². The lowest BCUT2D eigenvalue weighted by molar-refractivity contribution is -0.128. The predicted molar refractivity (Wildman–Crippen MR) is 114 cm³/mol. The van der Waals surface area contributed by atoms with Crippen molar-refractivity contribution in [3.8, 4) is 5.75 Å². The molecule has 0 saturated carbocycles. The topological polar surface area (TPSA) is 106 Å². The number of nitrogens with two attached hydrogens (primary N) is 1. The number of hydrogen-bond acceptors (Lipinski definition) is 7. The quantitative estimate of drug-likeness (QED) is 0.581. The molecule has 0 spiro atoms. The first kappa shape index (κ1) is 21.6. The van der Waals surface area contributed by atoms with Crippen molar-refractivity contribution < 1.29 is 19.4 Å². The number of rotatable bonds is 9. The molecule has 2 heterocycles. The van der Waals surface area contributed by atoms with Crippen LogP contribution in [0.25, 0.3) is 0 Å². The summed E-state index contributed by atoms with van der Waals surface area (Å²) in [5, 5.41) is 10.5. The Bertz CT molecular complexity index is 854. The molecular formula is C20H25N3O4S2. The summed E-state index contributed by atoms with van der Waals surface area (Å²) in [5.41, 5.74) is 7.54. The highest BCUT2D eigenvalue weighted by Crippen LogP contribution is 2.31. The van der Waals surface area contributed by atoms with E-state index < -0.39 is 5.97 Å². The molecule has 1 aliphatic rings. The van der Waals surface area contributed by atoms with E-state index in [1.54, 1.807) is 0 Å². The van der Waals surface area contributed by atoms with Gasteiger partial charge in [0.1, 0.15) is 5.75 Å². The minimum atomic E-state index is -1.03. The number of carboxylic acid groups (broad SMARTS) is 1. The van der Waals surface area contributed by atoms with Gasteiger partial charge in [-0.2, -0.15) is 0 Å². The molecular weight excluding hydrogens is 410 g/mol. The van der Waals surface area contributed by atoms with Gasteiger partial charge in [0.05, 0.1) is 18.2 Å². The van der Waals surface area contributed by atoms with Crippen LogP contribution >= 0.6 is 23.1 Å². The van der Waals surface area contributed by atoms with Crippen LogP contribution in [0.1, 0.15) is 48.8 Å². The number of thioether (sulfide) groups is 1. The van der Waals surface area contributed by atoms with Gasteiger partial charge in [-0.05, 0) is 38.0 Å². The highest BCUT2D eigenvalue weighted by Gasteiger charge is 2.35. The van der Waals surface area contributed by atoms with Crippen LogP contribution in [-0.2, 0) is 4.79 Å². The summed E-state index contributed by atoms with van der Waals surface area (Å²) >= 11 is 2.76. The number of carbonyl (C=O) groups excluding carboxylic acids is 1.